The number of carbonyl (C=O) groups is 1. The Morgan fingerprint density at radius 1 is 0.906 bits per heavy atom. The molecule has 3 aromatic carbocycles. The molecule has 0 saturated carbocycles. The van der Waals surface area contributed by atoms with E-state index in [2.05, 4.69) is 0 Å². The first-order chi connectivity index (χ1) is 15.6. The van der Waals surface area contributed by atoms with E-state index in [1.165, 1.54) is 35.0 Å². The standard InChI is InChI=1S/C25H20FNO5/c1-30-20-6-4-5-18(15-20)27-16-23(21-7-2-3-8-22(21)24(27)28)25(29)32-14-13-31-19-11-9-17(26)10-12-19/h2-12,15-16H,13-14H2,1H3. The average Bonchev–Trinajstić information content (AvgIpc) is 2.83. The van der Waals surface area contributed by atoms with Gasteiger partial charge in [-0.1, -0.05) is 24.3 Å². The molecule has 0 spiro atoms. The van der Waals surface area contributed by atoms with Crippen molar-refractivity contribution in [1.82, 2.24) is 4.57 Å². The first-order valence-electron chi connectivity index (χ1n) is 9.91. The van der Waals surface area contributed by atoms with Gasteiger partial charge >= 0.3 is 5.97 Å². The van der Waals surface area contributed by atoms with Gasteiger partial charge in [-0.15, -0.1) is 0 Å². The van der Waals surface area contributed by atoms with Crippen LogP contribution in [0.5, 0.6) is 11.5 Å². The van der Waals surface area contributed by atoms with E-state index >= 15 is 0 Å². The molecule has 0 aliphatic carbocycles. The second kappa shape index (κ2) is 9.34. The van der Waals surface area contributed by atoms with E-state index in [-0.39, 0.29) is 30.2 Å². The van der Waals surface area contributed by atoms with Crippen LogP contribution in [0.15, 0.2) is 83.8 Å². The molecule has 0 amide bonds. The topological polar surface area (TPSA) is 66.8 Å². The number of methoxy groups -OCH3 is 1. The molecule has 4 rings (SSSR count). The van der Waals surface area contributed by atoms with Crippen LogP contribution >= 0.6 is 0 Å². The fourth-order valence-electron chi connectivity index (χ4n) is 3.31. The molecular formula is C25H20FNO5. The third kappa shape index (κ3) is 4.46. The molecule has 32 heavy (non-hydrogen) atoms. The van der Waals surface area contributed by atoms with Crippen molar-refractivity contribution in [3.8, 4) is 17.2 Å². The fourth-order valence-corrected chi connectivity index (χ4v) is 3.31. The lowest BCUT2D eigenvalue weighted by Crippen LogP contribution is -2.22. The Labute approximate surface area is 183 Å². The first kappa shape index (κ1) is 21.1. The highest BCUT2D eigenvalue weighted by atomic mass is 19.1. The SMILES string of the molecule is COc1cccc(-n2cc(C(=O)OCCOc3ccc(F)cc3)c3ccccc3c2=O)c1. The lowest BCUT2D eigenvalue weighted by Gasteiger charge is -2.13. The van der Waals surface area contributed by atoms with Crippen LogP contribution in [0, 0.1) is 5.82 Å². The molecule has 6 nitrogen and oxygen atoms in total. The van der Waals surface area contributed by atoms with Crippen LogP contribution < -0.4 is 15.0 Å². The van der Waals surface area contributed by atoms with Crippen LogP contribution in [0.2, 0.25) is 0 Å². The number of nitrogens with zero attached hydrogens (tertiary/aromatic N) is 1. The summed E-state index contributed by atoms with van der Waals surface area (Å²) >= 11 is 0. The number of pyridine rings is 1. The predicted molar refractivity (Wildman–Crippen MR) is 118 cm³/mol. The molecule has 0 radical (unpaired) electrons. The van der Waals surface area contributed by atoms with Gasteiger partial charge in [-0.25, -0.2) is 9.18 Å². The molecule has 4 aromatic rings. The van der Waals surface area contributed by atoms with Crippen molar-refractivity contribution >= 4 is 16.7 Å². The number of hydrogen-bond donors (Lipinski definition) is 0. The van der Waals surface area contributed by atoms with Crippen molar-refractivity contribution in [3.05, 3.63) is 101 Å². The molecule has 0 unspecified atom stereocenters. The summed E-state index contributed by atoms with van der Waals surface area (Å²) in [5.41, 5.74) is 0.559. The summed E-state index contributed by atoms with van der Waals surface area (Å²) in [6.45, 7) is 0.0909. The summed E-state index contributed by atoms with van der Waals surface area (Å²) < 4.78 is 30.5. The summed E-state index contributed by atoms with van der Waals surface area (Å²) in [6.07, 6.45) is 1.47. The molecule has 1 aromatic heterocycles. The zero-order chi connectivity index (χ0) is 22.5. The van der Waals surface area contributed by atoms with Gasteiger partial charge < -0.3 is 14.2 Å². The maximum Gasteiger partial charge on any atom is 0.340 e. The molecule has 0 aliphatic heterocycles. The Balaban J connectivity index is 1.59. The highest BCUT2D eigenvalue weighted by Crippen LogP contribution is 2.21. The number of carbonyl (C=O) groups excluding carboxylic acids is 1. The number of rotatable bonds is 7. The van der Waals surface area contributed by atoms with E-state index in [9.17, 15) is 14.0 Å². The van der Waals surface area contributed by atoms with Crippen molar-refractivity contribution < 1.29 is 23.4 Å². The van der Waals surface area contributed by atoms with E-state index in [0.717, 1.165) is 0 Å². The van der Waals surface area contributed by atoms with E-state index < -0.39 is 5.97 Å². The molecule has 0 bridgehead atoms. The number of ether oxygens (including phenoxy) is 3. The van der Waals surface area contributed by atoms with Crippen LogP contribution in [-0.2, 0) is 4.74 Å². The van der Waals surface area contributed by atoms with Crippen LogP contribution in [0.3, 0.4) is 0 Å². The highest BCUT2D eigenvalue weighted by Gasteiger charge is 2.17. The molecule has 0 atom stereocenters. The third-order valence-corrected chi connectivity index (χ3v) is 4.87. The quantitative estimate of drug-likeness (QED) is 0.320. The number of halogens is 1. The van der Waals surface area contributed by atoms with Gasteiger partial charge in [0.1, 0.15) is 30.5 Å². The monoisotopic (exact) mass is 433 g/mol. The third-order valence-electron chi connectivity index (χ3n) is 4.87. The van der Waals surface area contributed by atoms with Gasteiger partial charge in [0, 0.05) is 23.0 Å². The Kier molecular flexibility index (Phi) is 6.17. The lowest BCUT2D eigenvalue weighted by molar-refractivity contribution is 0.0452. The largest absolute Gasteiger partial charge is 0.497 e. The summed E-state index contributed by atoms with van der Waals surface area (Å²) in [5, 5.41) is 0.897. The van der Waals surface area contributed by atoms with E-state index in [1.807, 2.05) is 0 Å². The smallest absolute Gasteiger partial charge is 0.340 e. The summed E-state index contributed by atoms with van der Waals surface area (Å²) in [4.78, 5) is 25.9. The van der Waals surface area contributed by atoms with Gasteiger partial charge in [0.2, 0.25) is 0 Å². The maximum atomic E-state index is 13.1. The zero-order valence-electron chi connectivity index (χ0n) is 17.3. The second-order valence-electron chi connectivity index (χ2n) is 6.90. The molecule has 0 fully saturated rings. The van der Waals surface area contributed by atoms with Crippen LogP contribution in [0.4, 0.5) is 4.39 Å². The molecule has 0 saturated heterocycles. The van der Waals surface area contributed by atoms with E-state index in [1.54, 1.807) is 55.6 Å². The molecule has 0 aliphatic rings. The second-order valence-corrected chi connectivity index (χ2v) is 6.90. The lowest BCUT2D eigenvalue weighted by atomic mass is 10.1. The van der Waals surface area contributed by atoms with Crippen molar-refractivity contribution in [2.24, 2.45) is 0 Å². The highest BCUT2D eigenvalue weighted by molar-refractivity contribution is 6.04. The van der Waals surface area contributed by atoms with Gasteiger partial charge in [0.25, 0.3) is 5.56 Å². The fraction of sp³-hybridized carbons (Fsp3) is 0.120. The number of fused-ring (bicyclic) bond motifs is 1. The minimum atomic E-state index is -0.583. The van der Waals surface area contributed by atoms with Gasteiger partial charge in [-0.3, -0.25) is 9.36 Å². The van der Waals surface area contributed by atoms with E-state index in [0.29, 0.717) is 28.0 Å². The van der Waals surface area contributed by atoms with Crippen molar-refractivity contribution in [2.45, 2.75) is 0 Å². The molecule has 0 N–H and O–H groups in total. The number of hydrogen-bond acceptors (Lipinski definition) is 5. The molecule has 162 valence electrons. The molecular weight excluding hydrogens is 413 g/mol. The van der Waals surface area contributed by atoms with Gasteiger partial charge in [-0.2, -0.15) is 0 Å². The molecule has 1 heterocycles. The number of aromatic nitrogens is 1. The maximum absolute atomic E-state index is 13.1. The van der Waals surface area contributed by atoms with Gasteiger partial charge in [0.15, 0.2) is 0 Å². The normalized spacial score (nSPS) is 10.7. The van der Waals surface area contributed by atoms with E-state index in [4.69, 9.17) is 14.2 Å². The number of esters is 1. The molecule has 7 heteroatoms. The predicted octanol–water partition coefficient (Wildman–Crippen LogP) is 4.37. The van der Waals surface area contributed by atoms with Crippen LogP contribution in [0.1, 0.15) is 10.4 Å². The Hall–Kier alpha value is -4.13. The zero-order valence-corrected chi connectivity index (χ0v) is 17.3. The van der Waals surface area contributed by atoms with Crippen LogP contribution in [-0.4, -0.2) is 30.9 Å². The van der Waals surface area contributed by atoms with Crippen molar-refractivity contribution in [2.75, 3.05) is 20.3 Å². The summed E-state index contributed by atoms with van der Waals surface area (Å²) in [6, 6.07) is 19.4. The minimum Gasteiger partial charge on any atom is -0.497 e. The van der Waals surface area contributed by atoms with Crippen LogP contribution in [0.25, 0.3) is 16.5 Å². The van der Waals surface area contributed by atoms with Gasteiger partial charge in [0.05, 0.1) is 18.4 Å². The first-order valence-corrected chi connectivity index (χ1v) is 9.91. The Morgan fingerprint density at radius 2 is 1.66 bits per heavy atom. The summed E-state index contributed by atoms with van der Waals surface area (Å²) in [5.74, 6) is 0.117. The minimum absolute atomic E-state index is 0.0111. The Morgan fingerprint density at radius 3 is 2.41 bits per heavy atom. The Bertz CT molecular complexity index is 1310. The van der Waals surface area contributed by atoms with Crippen molar-refractivity contribution in [1.29, 1.82) is 0 Å². The summed E-state index contributed by atoms with van der Waals surface area (Å²) in [7, 11) is 1.54. The van der Waals surface area contributed by atoms with Gasteiger partial charge in [-0.05, 0) is 42.5 Å². The van der Waals surface area contributed by atoms with Crippen molar-refractivity contribution in [3.63, 3.8) is 0 Å². The average molecular weight is 433 g/mol. The number of benzene rings is 3.